The van der Waals surface area contributed by atoms with E-state index >= 15 is 0 Å². The lowest BCUT2D eigenvalue weighted by atomic mass is 10.0. The van der Waals surface area contributed by atoms with Gasteiger partial charge in [-0.25, -0.2) is 13.6 Å². The summed E-state index contributed by atoms with van der Waals surface area (Å²) in [7, 11) is 0. The number of esters is 1. The van der Waals surface area contributed by atoms with Crippen molar-refractivity contribution >= 4 is 5.97 Å². The first-order valence-electron chi connectivity index (χ1n) is 13.4. The highest BCUT2D eigenvalue weighted by molar-refractivity contribution is 5.91. The van der Waals surface area contributed by atoms with Crippen LogP contribution in [0.5, 0.6) is 17.2 Å². The molecule has 0 amide bonds. The Morgan fingerprint density at radius 2 is 1.25 bits per heavy atom. The molecule has 0 N–H and O–H groups in total. The average Bonchev–Trinajstić information content (AvgIpc) is 2.97. The molecule has 40 heavy (non-hydrogen) atoms. The molecule has 4 aromatic carbocycles. The quantitative estimate of drug-likeness (QED) is 0.101. The molecule has 0 spiro atoms. The molecule has 0 unspecified atom stereocenters. The molecule has 0 aliphatic carbocycles. The Hall–Kier alpha value is -4.26. The molecule has 4 nitrogen and oxygen atoms in total. The zero-order valence-corrected chi connectivity index (χ0v) is 22.5. The smallest absolute Gasteiger partial charge is 0.343 e. The first kappa shape index (κ1) is 28.7. The normalized spacial score (nSPS) is 10.8. The lowest BCUT2D eigenvalue weighted by Gasteiger charge is -2.11. The minimum Gasteiger partial charge on any atom is -0.494 e. The average molecular weight is 549 g/mol. The van der Waals surface area contributed by atoms with Crippen LogP contribution in [0.1, 0.15) is 49.9 Å². The Bertz CT molecular complexity index is 1430. The molecule has 0 saturated carbocycles. The summed E-state index contributed by atoms with van der Waals surface area (Å²) in [4.78, 5) is 12.6. The summed E-state index contributed by atoms with van der Waals surface area (Å²) in [6, 6.07) is 20.1. The molecule has 7 heteroatoms. The van der Waals surface area contributed by atoms with Crippen molar-refractivity contribution in [3.05, 3.63) is 102 Å². The summed E-state index contributed by atoms with van der Waals surface area (Å²) >= 11 is 0. The molecule has 4 rings (SSSR count). The minimum absolute atomic E-state index is 0.0378. The Morgan fingerprint density at radius 1 is 0.650 bits per heavy atom. The van der Waals surface area contributed by atoms with Gasteiger partial charge < -0.3 is 14.2 Å². The first-order chi connectivity index (χ1) is 19.4. The van der Waals surface area contributed by atoms with Crippen LogP contribution >= 0.6 is 0 Å². The van der Waals surface area contributed by atoms with E-state index in [1.807, 2.05) is 6.92 Å². The van der Waals surface area contributed by atoms with Gasteiger partial charge in [0.05, 0.1) is 18.8 Å². The fourth-order valence-corrected chi connectivity index (χ4v) is 3.98. The summed E-state index contributed by atoms with van der Waals surface area (Å²) in [5.41, 5.74) is 1.90. The number of ether oxygens (including phenoxy) is 3. The molecule has 208 valence electrons. The lowest BCUT2D eigenvalue weighted by Crippen LogP contribution is -2.10. The van der Waals surface area contributed by atoms with Crippen LogP contribution in [0, 0.1) is 17.5 Å². The van der Waals surface area contributed by atoms with Crippen molar-refractivity contribution in [2.75, 3.05) is 13.2 Å². The molecule has 0 aromatic heterocycles. The van der Waals surface area contributed by atoms with Crippen LogP contribution in [-0.4, -0.2) is 19.2 Å². The monoisotopic (exact) mass is 548 g/mol. The molecular formula is C33H31F3O4. The molecule has 0 saturated heterocycles. The van der Waals surface area contributed by atoms with Gasteiger partial charge >= 0.3 is 5.97 Å². The largest absolute Gasteiger partial charge is 0.494 e. The van der Waals surface area contributed by atoms with Crippen molar-refractivity contribution in [1.82, 2.24) is 0 Å². The van der Waals surface area contributed by atoms with E-state index in [-0.39, 0.29) is 16.9 Å². The molecule has 0 aliphatic rings. The number of hydrogen-bond acceptors (Lipinski definition) is 4. The SMILES string of the molecule is CCCCOc1ccc(-c2ccc(OC(=O)c3ccc(-c4ccc(OCCCC)c(F)c4)cc3)c(F)c2F)cc1. The zero-order valence-electron chi connectivity index (χ0n) is 22.5. The maximum atomic E-state index is 14.9. The molecule has 0 atom stereocenters. The van der Waals surface area contributed by atoms with Crippen molar-refractivity contribution in [3.63, 3.8) is 0 Å². The van der Waals surface area contributed by atoms with Gasteiger partial charge in [0.25, 0.3) is 0 Å². The van der Waals surface area contributed by atoms with Gasteiger partial charge in [-0.05, 0) is 78.1 Å². The predicted molar refractivity (Wildman–Crippen MR) is 149 cm³/mol. The van der Waals surface area contributed by atoms with Crippen molar-refractivity contribution in [2.45, 2.75) is 39.5 Å². The van der Waals surface area contributed by atoms with Crippen LogP contribution in [-0.2, 0) is 0 Å². The Kier molecular flexibility index (Phi) is 9.84. The summed E-state index contributed by atoms with van der Waals surface area (Å²) in [5.74, 6) is -3.40. The highest BCUT2D eigenvalue weighted by Crippen LogP contribution is 2.32. The second-order valence-corrected chi connectivity index (χ2v) is 9.28. The van der Waals surface area contributed by atoms with E-state index in [1.54, 1.807) is 48.5 Å². The maximum absolute atomic E-state index is 14.9. The van der Waals surface area contributed by atoms with E-state index in [1.165, 1.54) is 30.3 Å². The second kappa shape index (κ2) is 13.7. The number of halogens is 3. The fourth-order valence-electron chi connectivity index (χ4n) is 3.98. The number of hydrogen-bond donors (Lipinski definition) is 0. The van der Waals surface area contributed by atoms with E-state index in [2.05, 4.69) is 6.92 Å². The van der Waals surface area contributed by atoms with Crippen molar-refractivity contribution in [3.8, 4) is 39.5 Å². The topological polar surface area (TPSA) is 44.8 Å². The van der Waals surface area contributed by atoms with Gasteiger partial charge in [-0.3, -0.25) is 0 Å². The number of carbonyl (C=O) groups is 1. The number of benzene rings is 4. The molecule has 0 aliphatic heterocycles. The molecule has 0 radical (unpaired) electrons. The van der Waals surface area contributed by atoms with Crippen molar-refractivity contribution in [1.29, 1.82) is 0 Å². The van der Waals surface area contributed by atoms with Crippen molar-refractivity contribution in [2.24, 2.45) is 0 Å². The summed E-state index contributed by atoms with van der Waals surface area (Å²) < 4.78 is 60.4. The highest BCUT2D eigenvalue weighted by atomic mass is 19.2. The zero-order chi connectivity index (χ0) is 28.5. The molecule has 4 aromatic rings. The standard InChI is InChI=1S/C33H31F3O4/c1-3-5-19-38-26-14-11-23(12-15-26)27-16-18-30(32(36)31(27)35)40-33(37)24-9-7-22(8-10-24)25-13-17-29(28(34)21-25)39-20-6-4-2/h7-18,21H,3-6,19-20H2,1-2H3. The van der Waals surface area contributed by atoms with Crippen LogP contribution in [0.3, 0.4) is 0 Å². The lowest BCUT2D eigenvalue weighted by molar-refractivity contribution is 0.0726. The van der Waals surface area contributed by atoms with Gasteiger partial charge in [0.2, 0.25) is 5.82 Å². The molecule has 0 bridgehead atoms. The summed E-state index contributed by atoms with van der Waals surface area (Å²) in [5, 5.41) is 0. The number of unbranched alkanes of at least 4 members (excludes halogenated alkanes) is 2. The molecular weight excluding hydrogens is 517 g/mol. The van der Waals surface area contributed by atoms with Gasteiger partial charge in [0.1, 0.15) is 5.75 Å². The molecule has 0 heterocycles. The Morgan fingerprint density at radius 3 is 1.90 bits per heavy atom. The number of carbonyl (C=O) groups excluding carboxylic acids is 1. The van der Waals surface area contributed by atoms with Gasteiger partial charge in [-0.15, -0.1) is 0 Å². The van der Waals surface area contributed by atoms with E-state index in [0.29, 0.717) is 35.7 Å². The first-order valence-corrected chi connectivity index (χ1v) is 13.4. The van der Waals surface area contributed by atoms with Crippen LogP contribution in [0.25, 0.3) is 22.3 Å². The molecule has 0 fully saturated rings. The third-order valence-electron chi connectivity index (χ3n) is 6.32. The van der Waals surface area contributed by atoms with Gasteiger partial charge in [-0.1, -0.05) is 57.0 Å². The van der Waals surface area contributed by atoms with E-state index < -0.39 is 29.2 Å². The summed E-state index contributed by atoms with van der Waals surface area (Å²) in [6.45, 7) is 5.12. The van der Waals surface area contributed by atoms with Crippen LogP contribution in [0.2, 0.25) is 0 Å². The van der Waals surface area contributed by atoms with Crippen LogP contribution in [0.4, 0.5) is 13.2 Å². The van der Waals surface area contributed by atoms with Crippen LogP contribution in [0.15, 0.2) is 78.9 Å². The summed E-state index contributed by atoms with van der Waals surface area (Å²) in [6.07, 6.45) is 3.72. The Labute approximate surface area is 232 Å². The van der Waals surface area contributed by atoms with E-state index in [0.717, 1.165) is 25.7 Å². The van der Waals surface area contributed by atoms with Gasteiger partial charge in [-0.2, -0.15) is 4.39 Å². The van der Waals surface area contributed by atoms with Gasteiger partial charge in [0.15, 0.2) is 23.1 Å². The van der Waals surface area contributed by atoms with Gasteiger partial charge in [0, 0.05) is 5.56 Å². The maximum Gasteiger partial charge on any atom is 0.343 e. The van der Waals surface area contributed by atoms with Crippen molar-refractivity contribution < 1.29 is 32.2 Å². The third-order valence-corrected chi connectivity index (χ3v) is 6.32. The fraction of sp³-hybridized carbons (Fsp3) is 0.242. The van der Waals surface area contributed by atoms with E-state index in [4.69, 9.17) is 14.2 Å². The third kappa shape index (κ3) is 7.03. The minimum atomic E-state index is -1.26. The number of rotatable bonds is 12. The second-order valence-electron chi connectivity index (χ2n) is 9.28. The Balaban J connectivity index is 1.42. The predicted octanol–water partition coefficient (Wildman–Crippen LogP) is 9.01. The van der Waals surface area contributed by atoms with E-state index in [9.17, 15) is 18.0 Å². The highest BCUT2D eigenvalue weighted by Gasteiger charge is 2.19. The van der Waals surface area contributed by atoms with Crippen LogP contribution < -0.4 is 14.2 Å².